The maximum absolute atomic E-state index is 10.7. The molecule has 0 aromatic rings. The first-order chi connectivity index (χ1) is 9.41. The number of hydrogen-bond donors (Lipinski definition) is 1. The van der Waals surface area contributed by atoms with Crippen molar-refractivity contribution in [2.45, 2.75) is 71.1 Å². The molecule has 0 aliphatic carbocycles. The second-order valence-electron chi connectivity index (χ2n) is 7.43. The van der Waals surface area contributed by atoms with Crippen LogP contribution in [-0.4, -0.2) is 40.4 Å². The predicted octanol–water partition coefficient (Wildman–Crippen LogP) is 4.26. The van der Waals surface area contributed by atoms with Gasteiger partial charge in [0.1, 0.15) is 0 Å². The summed E-state index contributed by atoms with van der Waals surface area (Å²) < 4.78 is 12.2. The Bertz CT molecular complexity index is 343. The van der Waals surface area contributed by atoms with E-state index in [9.17, 15) is 4.79 Å². The molecule has 1 unspecified atom stereocenters. The van der Waals surface area contributed by atoms with E-state index >= 15 is 0 Å². The molecule has 0 saturated heterocycles. The molecule has 0 heterocycles. The summed E-state index contributed by atoms with van der Waals surface area (Å²) in [6.07, 6.45) is 3.37. The topological polar surface area (TPSA) is 55.8 Å². The molecule has 0 amide bonds. The molecule has 0 aliphatic rings. The maximum atomic E-state index is 10.7. The molecule has 0 bridgehead atoms. The lowest BCUT2D eigenvalue weighted by molar-refractivity contribution is -0.132. The van der Waals surface area contributed by atoms with Crippen molar-refractivity contribution in [1.29, 1.82) is 0 Å². The Hall–Kier alpha value is -0.436. The zero-order valence-corrected chi connectivity index (χ0v) is 16.5. The van der Waals surface area contributed by atoms with Gasteiger partial charge in [-0.3, -0.25) is 0 Å². The molecule has 124 valence electrons. The molecular formula is C15H32O4Si2. The Labute approximate surface area is 131 Å². The average Bonchev–Trinajstić information content (AvgIpc) is 2.28. The number of carbonyl (C=O) groups is 1. The summed E-state index contributed by atoms with van der Waals surface area (Å²) in [4.78, 5) is 10.7. The highest BCUT2D eigenvalue weighted by Gasteiger charge is 2.23. The van der Waals surface area contributed by atoms with Gasteiger partial charge in [0.2, 0.25) is 0 Å². The summed E-state index contributed by atoms with van der Waals surface area (Å²) >= 11 is 0. The largest absolute Gasteiger partial charge is 0.478 e. The van der Waals surface area contributed by atoms with Gasteiger partial charge in [-0.25, -0.2) is 4.79 Å². The third-order valence-corrected chi connectivity index (χ3v) is 4.85. The van der Waals surface area contributed by atoms with Crippen LogP contribution in [0.1, 0.15) is 25.7 Å². The fraction of sp³-hybridized carbons (Fsp3) is 0.800. The Morgan fingerprint density at radius 1 is 1.10 bits per heavy atom. The number of rotatable bonds is 11. The highest BCUT2D eigenvalue weighted by molar-refractivity contribution is 6.70. The molecule has 0 fully saturated rings. The van der Waals surface area contributed by atoms with Crippen LogP contribution in [0.25, 0.3) is 0 Å². The normalized spacial score (nSPS) is 14.0. The summed E-state index contributed by atoms with van der Waals surface area (Å²) in [5.74, 6) is -0.896. The number of unbranched alkanes of at least 4 members (excludes halogenated alkanes) is 1. The molecule has 0 rings (SSSR count). The molecule has 0 radical (unpaired) electrons. The molecule has 1 N–H and O–H groups in total. The number of aliphatic carboxylic acids is 1. The minimum Gasteiger partial charge on any atom is -0.478 e. The van der Waals surface area contributed by atoms with Crippen LogP contribution in [0.4, 0.5) is 0 Å². The molecule has 0 aromatic carbocycles. The van der Waals surface area contributed by atoms with Gasteiger partial charge in [-0.1, -0.05) is 13.0 Å². The van der Waals surface area contributed by atoms with Gasteiger partial charge in [-0.15, -0.1) is 0 Å². The van der Waals surface area contributed by atoms with E-state index < -0.39 is 22.6 Å². The van der Waals surface area contributed by atoms with E-state index in [2.05, 4.69) is 45.9 Å². The van der Waals surface area contributed by atoms with E-state index in [0.29, 0.717) is 13.0 Å². The fourth-order valence-electron chi connectivity index (χ4n) is 1.84. The van der Waals surface area contributed by atoms with Gasteiger partial charge in [-0.2, -0.15) is 0 Å². The SMILES string of the molecule is C=C(CCCCC(CO[Si](C)(C)C)O[Si](C)(C)C)C(=O)O. The minimum absolute atomic E-state index is 0.126. The van der Waals surface area contributed by atoms with Gasteiger partial charge < -0.3 is 14.0 Å². The molecule has 21 heavy (non-hydrogen) atoms. The van der Waals surface area contributed by atoms with Gasteiger partial charge in [0.25, 0.3) is 0 Å². The summed E-state index contributed by atoms with van der Waals surface area (Å²) in [6.45, 7) is 17.3. The molecule has 1 atom stereocenters. The van der Waals surface area contributed by atoms with E-state index in [1.807, 2.05) is 0 Å². The first-order valence-electron chi connectivity index (χ1n) is 7.63. The van der Waals surface area contributed by atoms with Crippen molar-refractivity contribution in [3.63, 3.8) is 0 Å². The van der Waals surface area contributed by atoms with E-state index in [-0.39, 0.29) is 11.7 Å². The lowest BCUT2D eigenvalue weighted by Crippen LogP contribution is -2.38. The molecule has 6 heteroatoms. The Balaban J connectivity index is 4.22. The highest BCUT2D eigenvalue weighted by Crippen LogP contribution is 2.17. The van der Waals surface area contributed by atoms with Gasteiger partial charge in [0.15, 0.2) is 16.6 Å². The first-order valence-corrected chi connectivity index (χ1v) is 14.5. The van der Waals surface area contributed by atoms with Crippen molar-refractivity contribution >= 4 is 22.6 Å². The van der Waals surface area contributed by atoms with Gasteiger partial charge in [0, 0.05) is 5.57 Å². The number of carboxylic acids is 1. The standard InChI is InChI=1S/C15H32O4Si2/c1-13(15(16)17)10-8-9-11-14(19-21(5,6)7)12-18-20(2,3)4/h14H,1,8-12H2,2-7H3,(H,16,17). The molecular weight excluding hydrogens is 300 g/mol. The molecule has 0 aliphatic heterocycles. The van der Waals surface area contributed by atoms with Crippen molar-refractivity contribution in [1.82, 2.24) is 0 Å². The number of carboxylic acid groups (broad SMARTS) is 1. The Morgan fingerprint density at radius 2 is 1.67 bits per heavy atom. The van der Waals surface area contributed by atoms with Crippen LogP contribution in [0.15, 0.2) is 12.2 Å². The summed E-state index contributed by atoms with van der Waals surface area (Å²) in [5.41, 5.74) is 0.288. The molecule has 4 nitrogen and oxygen atoms in total. The van der Waals surface area contributed by atoms with E-state index in [0.717, 1.165) is 19.3 Å². The smallest absolute Gasteiger partial charge is 0.330 e. The first kappa shape index (κ1) is 20.6. The fourth-order valence-corrected chi connectivity index (χ4v) is 3.71. The van der Waals surface area contributed by atoms with Crippen molar-refractivity contribution in [3.8, 4) is 0 Å². The van der Waals surface area contributed by atoms with Crippen LogP contribution in [-0.2, 0) is 13.6 Å². The summed E-state index contributed by atoms with van der Waals surface area (Å²) in [7, 11) is -3.12. The van der Waals surface area contributed by atoms with Crippen LogP contribution in [0.2, 0.25) is 39.3 Å². The highest BCUT2D eigenvalue weighted by atomic mass is 28.4. The Morgan fingerprint density at radius 3 is 2.10 bits per heavy atom. The second kappa shape index (κ2) is 8.87. The average molecular weight is 333 g/mol. The Kier molecular flexibility index (Phi) is 8.69. The van der Waals surface area contributed by atoms with E-state index in [4.69, 9.17) is 14.0 Å². The van der Waals surface area contributed by atoms with Crippen LogP contribution in [0, 0.1) is 0 Å². The lowest BCUT2D eigenvalue weighted by atomic mass is 10.1. The van der Waals surface area contributed by atoms with Gasteiger partial charge in [-0.05, 0) is 58.5 Å². The van der Waals surface area contributed by atoms with Crippen LogP contribution in [0.3, 0.4) is 0 Å². The van der Waals surface area contributed by atoms with Gasteiger partial charge >= 0.3 is 5.97 Å². The van der Waals surface area contributed by atoms with Gasteiger partial charge in [0.05, 0.1) is 12.7 Å². The molecule has 0 spiro atoms. The predicted molar refractivity (Wildman–Crippen MR) is 92.8 cm³/mol. The molecule has 0 aromatic heterocycles. The van der Waals surface area contributed by atoms with Crippen molar-refractivity contribution in [3.05, 3.63) is 12.2 Å². The van der Waals surface area contributed by atoms with Crippen LogP contribution in [0.5, 0.6) is 0 Å². The minimum atomic E-state index is -1.59. The van der Waals surface area contributed by atoms with E-state index in [1.165, 1.54) is 0 Å². The third-order valence-electron chi connectivity index (χ3n) is 2.78. The van der Waals surface area contributed by atoms with Crippen molar-refractivity contribution in [2.24, 2.45) is 0 Å². The third kappa shape index (κ3) is 13.0. The maximum Gasteiger partial charge on any atom is 0.330 e. The van der Waals surface area contributed by atoms with Crippen LogP contribution >= 0.6 is 0 Å². The van der Waals surface area contributed by atoms with Crippen LogP contribution < -0.4 is 0 Å². The zero-order valence-electron chi connectivity index (χ0n) is 14.5. The zero-order chi connectivity index (χ0) is 16.7. The lowest BCUT2D eigenvalue weighted by Gasteiger charge is -2.29. The van der Waals surface area contributed by atoms with E-state index in [1.54, 1.807) is 0 Å². The second-order valence-corrected chi connectivity index (χ2v) is 16.4. The quantitative estimate of drug-likeness (QED) is 0.349. The van der Waals surface area contributed by atoms with Crippen molar-refractivity contribution in [2.75, 3.05) is 6.61 Å². The summed E-state index contributed by atoms with van der Waals surface area (Å²) in [6, 6.07) is 0. The number of hydrogen-bond acceptors (Lipinski definition) is 3. The summed E-state index contributed by atoms with van der Waals surface area (Å²) in [5, 5.41) is 8.78. The van der Waals surface area contributed by atoms with Crippen molar-refractivity contribution < 1.29 is 18.8 Å². The monoisotopic (exact) mass is 332 g/mol. The molecule has 0 saturated carbocycles.